The Morgan fingerprint density at radius 2 is 1.83 bits per heavy atom. The van der Waals surface area contributed by atoms with Crippen LogP contribution in [-0.4, -0.2) is 22.9 Å². The lowest BCUT2D eigenvalue weighted by Gasteiger charge is -2.35. The molecule has 0 radical (unpaired) electrons. The Bertz CT molecular complexity index is 270. The molecule has 1 amide bonds. The van der Waals surface area contributed by atoms with Gasteiger partial charge in [-0.25, -0.2) is 0 Å². The summed E-state index contributed by atoms with van der Waals surface area (Å²) in [6.45, 7) is 13.2. The van der Waals surface area contributed by atoms with E-state index in [1.54, 1.807) is 0 Å². The molecule has 3 unspecified atom stereocenters. The van der Waals surface area contributed by atoms with E-state index in [2.05, 4.69) is 46.4 Å². The van der Waals surface area contributed by atoms with Crippen molar-refractivity contribution in [2.24, 2.45) is 17.8 Å². The van der Waals surface area contributed by atoms with E-state index in [0.717, 1.165) is 12.8 Å². The fraction of sp³-hybridized carbons (Fsp3) is 0.938. The standard InChI is InChI=1S/C16H31NO/c1-7-12(5)15(11(3)4)16(18)17-13(6)9-10-14(17)8-2/h11-15H,7-10H2,1-6H3/t12?,13?,14-,15?/m1/s1. The van der Waals surface area contributed by atoms with Crippen molar-refractivity contribution in [1.82, 2.24) is 4.90 Å². The maximum Gasteiger partial charge on any atom is 0.226 e. The van der Waals surface area contributed by atoms with Gasteiger partial charge in [0.15, 0.2) is 0 Å². The van der Waals surface area contributed by atoms with Gasteiger partial charge in [0.25, 0.3) is 0 Å². The van der Waals surface area contributed by atoms with Crippen LogP contribution in [0.25, 0.3) is 0 Å². The Hall–Kier alpha value is -0.530. The number of hydrogen-bond donors (Lipinski definition) is 0. The Morgan fingerprint density at radius 3 is 2.28 bits per heavy atom. The van der Waals surface area contributed by atoms with Crippen molar-refractivity contribution in [2.45, 2.75) is 79.3 Å². The number of carbonyl (C=O) groups excluding carboxylic acids is 1. The highest BCUT2D eigenvalue weighted by molar-refractivity contribution is 5.80. The summed E-state index contributed by atoms with van der Waals surface area (Å²) in [7, 11) is 0. The van der Waals surface area contributed by atoms with Crippen LogP contribution in [0, 0.1) is 17.8 Å². The van der Waals surface area contributed by atoms with Crippen molar-refractivity contribution >= 4 is 5.91 Å². The molecule has 1 rings (SSSR count). The van der Waals surface area contributed by atoms with E-state index in [1.807, 2.05) is 0 Å². The molecule has 0 aromatic rings. The van der Waals surface area contributed by atoms with Crippen LogP contribution >= 0.6 is 0 Å². The minimum atomic E-state index is 0.199. The van der Waals surface area contributed by atoms with E-state index in [0.29, 0.717) is 29.8 Å². The highest BCUT2D eigenvalue weighted by atomic mass is 16.2. The van der Waals surface area contributed by atoms with Gasteiger partial charge in [0.1, 0.15) is 0 Å². The maximum absolute atomic E-state index is 12.9. The highest BCUT2D eigenvalue weighted by Crippen LogP contribution is 2.32. The molecule has 2 heteroatoms. The molecule has 0 spiro atoms. The quantitative estimate of drug-likeness (QED) is 0.722. The number of amides is 1. The molecule has 1 fully saturated rings. The molecule has 0 bridgehead atoms. The van der Waals surface area contributed by atoms with Crippen LogP contribution in [0.15, 0.2) is 0 Å². The summed E-state index contributed by atoms with van der Waals surface area (Å²) >= 11 is 0. The molecule has 1 saturated heterocycles. The molecule has 0 saturated carbocycles. The lowest BCUT2D eigenvalue weighted by molar-refractivity contribution is -0.141. The third-order valence-corrected chi connectivity index (χ3v) is 4.77. The SMILES string of the molecule is CCC(C)C(C(=O)N1C(C)CC[C@H]1CC)C(C)C. The summed E-state index contributed by atoms with van der Waals surface area (Å²) in [5.74, 6) is 1.54. The summed E-state index contributed by atoms with van der Waals surface area (Å²) in [5, 5.41) is 0. The maximum atomic E-state index is 12.9. The monoisotopic (exact) mass is 253 g/mol. The minimum absolute atomic E-state index is 0.199. The predicted molar refractivity (Wildman–Crippen MR) is 77.4 cm³/mol. The van der Waals surface area contributed by atoms with E-state index in [9.17, 15) is 4.79 Å². The molecular weight excluding hydrogens is 222 g/mol. The van der Waals surface area contributed by atoms with E-state index in [4.69, 9.17) is 0 Å². The van der Waals surface area contributed by atoms with Crippen molar-refractivity contribution in [3.8, 4) is 0 Å². The molecular formula is C16H31NO. The summed E-state index contributed by atoms with van der Waals surface area (Å²) < 4.78 is 0. The average molecular weight is 253 g/mol. The molecule has 0 aliphatic carbocycles. The molecule has 2 nitrogen and oxygen atoms in total. The van der Waals surface area contributed by atoms with Gasteiger partial charge in [-0.2, -0.15) is 0 Å². The van der Waals surface area contributed by atoms with Crippen molar-refractivity contribution in [1.29, 1.82) is 0 Å². The number of nitrogens with zero attached hydrogens (tertiary/aromatic N) is 1. The zero-order chi connectivity index (χ0) is 13.9. The first kappa shape index (κ1) is 15.5. The van der Waals surface area contributed by atoms with Gasteiger partial charge < -0.3 is 4.90 Å². The van der Waals surface area contributed by atoms with Crippen molar-refractivity contribution < 1.29 is 4.79 Å². The van der Waals surface area contributed by atoms with Crippen LogP contribution in [0.4, 0.5) is 0 Å². The third-order valence-electron chi connectivity index (χ3n) is 4.77. The van der Waals surface area contributed by atoms with Gasteiger partial charge in [-0.1, -0.05) is 41.0 Å². The van der Waals surface area contributed by atoms with Crippen molar-refractivity contribution in [3.05, 3.63) is 0 Å². The Labute approximate surface area is 113 Å². The zero-order valence-corrected chi connectivity index (χ0v) is 13.1. The number of hydrogen-bond acceptors (Lipinski definition) is 1. The van der Waals surface area contributed by atoms with Gasteiger partial charge in [0, 0.05) is 18.0 Å². The first-order chi connectivity index (χ1) is 8.43. The fourth-order valence-electron chi connectivity index (χ4n) is 3.48. The Morgan fingerprint density at radius 1 is 1.22 bits per heavy atom. The number of likely N-dealkylation sites (tertiary alicyclic amines) is 1. The summed E-state index contributed by atoms with van der Waals surface area (Å²) in [6, 6.07) is 0.922. The fourth-order valence-corrected chi connectivity index (χ4v) is 3.48. The topological polar surface area (TPSA) is 20.3 Å². The van der Waals surface area contributed by atoms with E-state index in [1.165, 1.54) is 12.8 Å². The molecule has 4 atom stereocenters. The first-order valence-corrected chi connectivity index (χ1v) is 7.76. The predicted octanol–water partition coefficient (Wildman–Crippen LogP) is 4.09. The Balaban J connectivity index is 2.88. The second kappa shape index (κ2) is 6.58. The second-order valence-electron chi connectivity index (χ2n) is 6.39. The van der Waals surface area contributed by atoms with Crippen LogP contribution in [0.5, 0.6) is 0 Å². The lowest BCUT2D eigenvalue weighted by Crippen LogP contribution is -2.46. The third kappa shape index (κ3) is 3.07. The van der Waals surface area contributed by atoms with Crippen LogP contribution < -0.4 is 0 Å². The van der Waals surface area contributed by atoms with Gasteiger partial charge >= 0.3 is 0 Å². The molecule has 0 N–H and O–H groups in total. The molecule has 18 heavy (non-hydrogen) atoms. The summed E-state index contributed by atoms with van der Waals surface area (Å²) in [4.78, 5) is 15.1. The zero-order valence-electron chi connectivity index (χ0n) is 13.1. The largest absolute Gasteiger partial charge is 0.337 e. The van der Waals surface area contributed by atoms with Gasteiger partial charge in [-0.3, -0.25) is 4.79 Å². The van der Waals surface area contributed by atoms with Crippen LogP contribution in [0.1, 0.15) is 67.2 Å². The number of rotatable bonds is 5. The minimum Gasteiger partial charge on any atom is -0.337 e. The number of carbonyl (C=O) groups is 1. The van der Waals surface area contributed by atoms with E-state index >= 15 is 0 Å². The van der Waals surface area contributed by atoms with Gasteiger partial charge in [0.05, 0.1) is 0 Å². The molecule has 106 valence electrons. The molecule has 1 heterocycles. The van der Waals surface area contributed by atoms with Gasteiger partial charge in [0.2, 0.25) is 5.91 Å². The van der Waals surface area contributed by atoms with Gasteiger partial charge in [-0.15, -0.1) is 0 Å². The molecule has 1 aliphatic rings. The van der Waals surface area contributed by atoms with Crippen LogP contribution in [-0.2, 0) is 4.79 Å². The first-order valence-electron chi connectivity index (χ1n) is 7.76. The lowest BCUT2D eigenvalue weighted by atomic mass is 9.81. The van der Waals surface area contributed by atoms with E-state index < -0.39 is 0 Å². The normalized spacial score (nSPS) is 27.6. The smallest absolute Gasteiger partial charge is 0.226 e. The van der Waals surface area contributed by atoms with Crippen LogP contribution in [0.3, 0.4) is 0 Å². The summed E-state index contributed by atoms with van der Waals surface area (Å²) in [5.41, 5.74) is 0. The van der Waals surface area contributed by atoms with Gasteiger partial charge in [-0.05, 0) is 38.0 Å². The van der Waals surface area contributed by atoms with Crippen molar-refractivity contribution in [2.75, 3.05) is 0 Å². The molecule has 0 aromatic heterocycles. The highest BCUT2D eigenvalue weighted by Gasteiger charge is 2.38. The molecule has 1 aliphatic heterocycles. The molecule has 0 aromatic carbocycles. The average Bonchev–Trinajstić information content (AvgIpc) is 2.69. The Kier molecular flexibility index (Phi) is 5.68. The summed E-state index contributed by atoms with van der Waals surface area (Å²) in [6.07, 6.45) is 4.55. The van der Waals surface area contributed by atoms with E-state index in [-0.39, 0.29) is 5.92 Å². The second-order valence-corrected chi connectivity index (χ2v) is 6.39. The van der Waals surface area contributed by atoms with Crippen LogP contribution in [0.2, 0.25) is 0 Å². The van der Waals surface area contributed by atoms with Crippen molar-refractivity contribution in [3.63, 3.8) is 0 Å².